The second-order valence-corrected chi connectivity index (χ2v) is 3.75. The van der Waals surface area contributed by atoms with Crippen molar-refractivity contribution >= 4 is 23.5 Å². The van der Waals surface area contributed by atoms with Gasteiger partial charge in [0, 0.05) is 10.5 Å². The molecular formula is C11H11FO3S. The summed E-state index contributed by atoms with van der Waals surface area (Å²) in [6.45, 7) is 1.75. The van der Waals surface area contributed by atoms with E-state index in [0.717, 1.165) is 6.07 Å². The van der Waals surface area contributed by atoms with E-state index < -0.39 is 17.6 Å². The second-order valence-electron chi connectivity index (χ2n) is 2.90. The number of hydrogen-bond acceptors (Lipinski definition) is 4. The molecule has 0 radical (unpaired) electrons. The summed E-state index contributed by atoms with van der Waals surface area (Å²) in [5, 5.41) is 0. The zero-order valence-electron chi connectivity index (χ0n) is 8.95. The molecule has 1 aromatic rings. The third-order valence-corrected chi connectivity index (χ3v) is 2.63. The molecule has 86 valence electrons. The molecular weight excluding hydrogens is 231 g/mol. The summed E-state index contributed by atoms with van der Waals surface area (Å²) >= 11 is 1.17. The Morgan fingerprint density at radius 3 is 2.69 bits per heavy atom. The number of carbonyl (C=O) groups excluding carboxylic acids is 2. The van der Waals surface area contributed by atoms with Gasteiger partial charge in [-0.1, -0.05) is 0 Å². The van der Waals surface area contributed by atoms with Crippen molar-refractivity contribution in [2.24, 2.45) is 0 Å². The van der Waals surface area contributed by atoms with Crippen LogP contribution in [0, 0.1) is 5.82 Å². The van der Waals surface area contributed by atoms with Gasteiger partial charge in [0.05, 0.1) is 6.61 Å². The fourth-order valence-electron chi connectivity index (χ4n) is 1.12. The van der Waals surface area contributed by atoms with Crippen molar-refractivity contribution in [3.05, 3.63) is 29.6 Å². The van der Waals surface area contributed by atoms with E-state index in [2.05, 4.69) is 4.74 Å². The summed E-state index contributed by atoms with van der Waals surface area (Å²) < 4.78 is 17.7. The lowest BCUT2D eigenvalue weighted by Crippen LogP contribution is -2.17. The van der Waals surface area contributed by atoms with Crippen molar-refractivity contribution in [3.63, 3.8) is 0 Å². The molecule has 0 saturated heterocycles. The maximum absolute atomic E-state index is 13.1. The van der Waals surface area contributed by atoms with Gasteiger partial charge in [0.2, 0.25) is 0 Å². The van der Waals surface area contributed by atoms with E-state index in [4.69, 9.17) is 0 Å². The van der Waals surface area contributed by atoms with Crippen LogP contribution in [0.1, 0.15) is 17.3 Å². The van der Waals surface area contributed by atoms with Crippen molar-refractivity contribution in [1.82, 2.24) is 0 Å². The molecule has 5 heteroatoms. The lowest BCUT2D eigenvalue weighted by molar-refractivity contribution is -0.137. The van der Waals surface area contributed by atoms with Crippen LogP contribution in [0.25, 0.3) is 0 Å². The Bertz CT molecular complexity index is 418. The Morgan fingerprint density at radius 2 is 2.12 bits per heavy atom. The Morgan fingerprint density at radius 1 is 1.44 bits per heavy atom. The van der Waals surface area contributed by atoms with E-state index >= 15 is 0 Å². The SMILES string of the molecule is CCOC(=O)C(=O)c1ccc(F)c(SC)c1. The molecule has 0 atom stereocenters. The first kappa shape index (κ1) is 12.7. The summed E-state index contributed by atoms with van der Waals surface area (Å²) in [6, 6.07) is 3.78. The lowest BCUT2D eigenvalue weighted by Gasteiger charge is -2.03. The first-order valence-corrected chi connectivity index (χ1v) is 5.87. The lowest BCUT2D eigenvalue weighted by atomic mass is 10.1. The van der Waals surface area contributed by atoms with Crippen LogP contribution in [-0.4, -0.2) is 24.6 Å². The summed E-state index contributed by atoms with van der Waals surface area (Å²) in [7, 11) is 0. The number of benzene rings is 1. The Kier molecular flexibility index (Phi) is 4.49. The van der Waals surface area contributed by atoms with Crippen molar-refractivity contribution in [1.29, 1.82) is 0 Å². The van der Waals surface area contributed by atoms with Gasteiger partial charge in [0.25, 0.3) is 5.78 Å². The molecule has 0 heterocycles. The fraction of sp³-hybridized carbons (Fsp3) is 0.273. The highest BCUT2D eigenvalue weighted by Crippen LogP contribution is 2.20. The number of ether oxygens (including phenoxy) is 1. The summed E-state index contributed by atoms with van der Waals surface area (Å²) in [5.74, 6) is -2.08. The molecule has 0 aliphatic rings. The maximum Gasteiger partial charge on any atom is 0.379 e. The minimum atomic E-state index is -0.916. The van der Waals surface area contributed by atoms with E-state index in [1.165, 1.54) is 23.9 Å². The molecule has 0 saturated carbocycles. The third kappa shape index (κ3) is 2.82. The predicted octanol–water partition coefficient (Wildman–Crippen LogP) is 2.29. The van der Waals surface area contributed by atoms with Crippen molar-refractivity contribution < 1.29 is 18.7 Å². The van der Waals surface area contributed by atoms with Gasteiger partial charge in [-0.05, 0) is 31.4 Å². The van der Waals surface area contributed by atoms with E-state index in [1.54, 1.807) is 13.2 Å². The van der Waals surface area contributed by atoms with Gasteiger partial charge < -0.3 is 4.74 Å². The van der Waals surface area contributed by atoms with Gasteiger partial charge in [0.15, 0.2) is 0 Å². The summed E-state index contributed by atoms with van der Waals surface area (Å²) in [6.07, 6.45) is 1.69. The molecule has 0 aromatic heterocycles. The molecule has 1 aromatic carbocycles. The highest BCUT2D eigenvalue weighted by atomic mass is 32.2. The summed E-state index contributed by atoms with van der Waals surface area (Å²) in [4.78, 5) is 23.0. The normalized spacial score (nSPS) is 9.94. The number of Topliss-reactive ketones (excluding diaryl/α,β-unsaturated/α-hetero) is 1. The van der Waals surface area contributed by atoms with Crippen LogP contribution in [0.2, 0.25) is 0 Å². The molecule has 0 amide bonds. The Hall–Kier alpha value is -1.36. The van der Waals surface area contributed by atoms with Crippen molar-refractivity contribution in [2.75, 3.05) is 12.9 Å². The van der Waals surface area contributed by atoms with Crippen LogP contribution in [0.4, 0.5) is 4.39 Å². The highest BCUT2D eigenvalue weighted by Gasteiger charge is 2.18. The molecule has 0 bridgehead atoms. The van der Waals surface area contributed by atoms with Crippen LogP contribution in [0.3, 0.4) is 0 Å². The number of thioether (sulfide) groups is 1. The van der Waals surface area contributed by atoms with Gasteiger partial charge >= 0.3 is 5.97 Å². The van der Waals surface area contributed by atoms with Crippen molar-refractivity contribution in [3.8, 4) is 0 Å². The van der Waals surface area contributed by atoms with E-state index in [0.29, 0.717) is 4.90 Å². The number of esters is 1. The molecule has 1 rings (SSSR count). The van der Waals surface area contributed by atoms with Gasteiger partial charge in [0.1, 0.15) is 5.82 Å². The van der Waals surface area contributed by atoms with Gasteiger partial charge in [-0.25, -0.2) is 9.18 Å². The average molecular weight is 242 g/mol. The van der Waals surface area contributed by atoms with E-state index in [9.17, 15) is 14.0 Å². The third-order valence-electron chi connectivity index (χ3n) is 1.87. The Balaban J connectivity index is 2.96. The standard InChI is InChI=1S/C11H11FO3S/c1-3-15-11(14)10(13)7-4-5-8(12)9(6-7)16-2/h4-6H,3H2,1-2H3. The molecule has 0 fully saturated rings. The minimum Gasteiger partial charge on any atom is -0.460 e. The first-order valence-electron chi connectivity index (χ1n) is 4.65. The largest absolute Gasteiger partial charge is 0.460 e. The number of rotatable bonds is 4. The van der Waals surface area contributed by atoms with Gasteiger partial charge in [-0.2, -0.15) is 0 Å². The zero-order chi connectivity index (χ0) is 12.1. The fourth-order valence-corrected chi connectivity index (χ4v) is 1.62. The smallest absolute Gasteiger partial charge is 0.379 e. The maximum atomic E-state index is 13.1. The zero-order valence-corrected chi connectivity index (χ0v) is 9.77. The van der Waals surface area contributed by atoms with E-state index in [-0.39, 0.29) is 12.2 Å². The molecule has 0 spiro atoms. The molecule has 0 aliphatic heterocycles. The van der Waals surface area contributed by atoms with Crippen LogP contribution in [-0.2, 0) is 9.53 Å². The summed E-state index contributed by atoms with van der Waals surface area (Å²) in [5.41, 5.74) is 0.143. The quantitative estimate of drug-likeness (QED) is 0.351. The first-order chi connectivity index (χ1) is 7.60. The monoisotopic (exact) mass is 242 g/mol. The topological polar surface area (TPSA) is 43.4 Å². The molecule has 16 heavy (non-hydrogen) atoms. The number of halogens is 1. The van der Waals surface area contributed by atoms with Crippen molar-refractivity contribution in [2.45, 2.75) is 11.8 Å². The number of ketones is 1. The predicted molar refractivity (Wildman–Crippen MR) is 59.1 cm³/mol. The minimum absolute atomic E-state index is 0.140. The number of hydrogen-bond donors (Lipinski definition) is 0. The second kappa shape index (κ2) is 5.65. The van der Waals surface area contributed by atoms with Crippen LogP contribution < -0.4 is 0 Å². The van der Waals surface area contributed by atoms with Gasteiger partial charge in [-0.3, -0.25) is 4.79 Å². The highest BCUT2D eigenvalue weighted by molar-refractivity contribution is 7.98. The Labute approximate surface area is 97.0 Å². The molecule has 0 unspecified atom stereocenters. The average Bonchev–Trinajstić information content (AvgIpc) is 2.29. The molecule has 0 aliphatic carbocycles. The van der Waals surface area contributed by atoms with E-state index in [1.807, 2.05) is 0 Å². The molecule has 3 nitrogen and oxygen atoms in total. The number of carbonyl (C=O) groups is 2. The van der Waals surface area contributed by atoms with Crippen LogP contribution >= 0.6 is 11.8 Å². The van der Waals surface area contributed by atoms with Crippen LogP contribution in [0.5, 0.6) is 0 Å². The van der Waals surface area contributed by atoms with Crippen LogP contribution in [0.15, 0.2) is 23.1 Å². The molecule has 0 N–H and O–H groups in total. The van der Waals surface area contributed by atoms with Gasteiger partial charge in [-0.15, -0.1) is 11.8 Å².